The molecule has 1 amide bonds. The summed E-state index contributed by atoms with van der Waals surface area (Å²) in [6, 6.07) is 6.85. The van der Waals surface area contributed by atoms with Crippen molar-refractivity contribution < 1.29 is 31.5 Å². The third-order valence-electron chi connectivity index (χ3n) is 3.63. The molecule has 27 heavy (non-hydrogen) atoms. The summed E-state index contributed by atoms with van der Waals surface area (Å²) in [7, 11) is 0.00892. The summed E-state index contributed by atoms with van der Waals surface area (Å²) in [6.07, 6.45) is 0. The number of ether oxygens (including phenoxy) is 2. The molecule has 0 aliphatic heterocycles. The summed E-state index contributed by atoms with van der Waals surface area (Å²) >= 11 is 0. The molecular weight excluding hydrogens is 382 g/mol. The molecule has 0 unspecified atom stereocenters. The third kappa shape index (κ3) is 4.72. The van der Waals surface area contributed by atoms with Crippen LogP contribution in [0.3, 0.4) is 0 Å². The zero-order chi connectivity index (χ0) is 20.2. The van der Waals surface area contributed by atoms with E-state index in [-0.39, 0.29) is 16.3 Å². The summed E-state index contributed by atoms with van der Waals surface area (Å²) in [5.74, 6) is -2.32. The number of hydrogen-bond donors (Lipinski definition) is 1. The lowest BCUT2D eigenvalue weighted by Crippen LogP contribution is -2.35. The van der Waals surface area contributed by atoms with Crippen molar-refractivity contribution in [2.24, 2.45) is 0 Å². The van der Waals surface area contributed by atoms with Gasteiger partial charge in [-0.2, -0.15) is 4.31 Å². The largest absolute Gasteiger partial charge is 0.493 e. The minimum Gasteiger partial charge on any atom is -0.493 e. The van der Waals surface area contributed by atoms with Crippen LogP contribution in [0.4, 0.5) is 14.5 Å². The highest BCUT2D eigenvalue weighted by atomic mass is 32.2. The Morgan fingerprint density at radius 2 is 1.70 bits per heavy atom. The first-order valence-electron chi connectivity index (χ1n) is 7.62. The predicted octanol–water partition coefficient (Wildman–Crippen LogP) is 2.24. The second-order valence-electron chi connectivity index (χ2n) is 5.45. The van der Waals surface area contributed by atoms with Gasteiger partial charge in [-0.1, -0.05) is 0 Å². The van der Waals surface area contributed by atoms with Gasteiger partial charge in [-0.25, -0.2) is 17.2 Å². The van der Waals surface area contributed by atoms with E-state index in [1.54, 1.807) is 0 Å². The van der Waals surface area contributed by atoms with Crippen molar-refractivity contribution in [2.75, 3.05) is 33.1 Å². The van der Waals surface area contributed by atoms with Gasteiger partial charge in [0, 0.05) is 24.9 Å². The van der Waals surface area contributed by atoms with E-state index in [1.807, 2.05) is 0 Å². The number of likely N-dealkylation sites (N-methyl/N-ethyl adjacent to an activating group) is 1. The number of nitrogens with one attached hydrogen (secondary N) is 1. The average molecular weight is 400 g/mol. The number of sulfonamides is 1. The van der Waals surface area contributed by atoms with Crippen molar-refractivity contribution in [3.05, 3.63) is 48.0 Å². The summed E-state index contributed by atoms with van der Waals surface area (Å²) in [5, 5.41) is 2.31. The molecule has 7 nitrogen and oxygen atoms in total. The molecule has 0 atom stereocenters. The number of halogens is 2. The van der Waals surface area contributed by atoms with Gasteiger partial charge in [-0.15, -0.1) is 0 Å². The van der Waals surface area contributed by atoms with Gasteiger partial charge in [0.2, 0.25) is 15.9 Å². The first-order valence-corrected chi connectivity index (χ1v) is 9.06. The fraction of sp³-hybridized carbons (Fsp3) is 0.235. The Labute approximate surface area is 155 Å². The monoisotopic (exact) mass is 400 g/mol. The molecule has 0 heterocycles. The zero-order valence-electron chi connectivity index (χ0n) is 14.8. The molecule has 2 aromatic carbocycles. The van der Waals surface area contributed by atoms with E-state index in [1.165, 1.54) is 45.5 Å². The zero-order valence-corrected chi connectivity index (χ0v) is 15.6. The molecule has 0 bridgehead atoms. The van der Waals surface area contributed by atoms with Crippen LogP contribution < -0.4 is 14.8 Å². The Hall–Kier alpha value is -2.72. The first kappa shape index (κ1) is 20.6. The lowest BCUT2D eigenvalue weighted by Gasteiger charge is -2.18. The van der Waals surface area contributed by atoms with Gasteiger partial charge in [-0.3, -0.25) is 4.79 Å². The number of carbonyl (C=O) groups excluding carboxylic acids is 1. The number of methoxy groups -OCH3 is 2. The summed E-state index contributed by atoms with van der Waals surface area (Å²) in [6.45, 7) is -0.532. The Balaban J connectivity index is 2.14. The van der Waals surface area contributed by atoms with Crippen molar-refractivity contribution in [3.8, 4) is 11.5 Å². The van der Waals surface area contributed by atoms with Gasteiger partial charge < -0.3 is 14.8 Å². The van der Waals surface area contributed by atoms with Crippen LogP contribution in [0, 0.1) is 11.6 Å². The minimum atomic E-state index is -4.00. The van der Waals surface area contributed by atoms with Crippen LogP contribution in [0.1, 0.15) is 0 Å². The second kappa shape index (κ2) is 8.31. The molecule has 0 fully saturated rings. The van der Waals surface area contributed by atoms with E-state index in [2.05, 4.69) is 5.32 Å². The van der Waals surface area contributed by atoms with E-state index in [0.29, 0.717) is 5.75 Å². The van der Waals surface area contributed by atoms with Gasteiger partial charge in [0.25, 0.3) is 0 Å². The first-order chi connectivity index (χ1) is 12.7. The van der Waals surface area contributed by atoms with Crippen molar-refractivity contribution in [1.29, 1.82) is 0 Å². The standard InChI is InChI=1S/C17H18F2N2O5S/c1-21(10-17(22)20-11-4-6-13(18)14(19)8-11)27(23,24)12-5-7-15(25-2)16(9-12)26-3/h4-9H,10H2,1-3H3,(H,20,22). The molecule has 0 aliphatic rings. The number of anilines is 1. The molecule has 0 aliphatic carbocycles. The molecule has 0 saturated heterocycles. The fourth-order valence-electron chi connectivity index (χ4n) is 2.22. The van der Waals surface area contributed by atoms with Gasteiger partial charge in [0.05, 0.1) is 25.7 Å². The molecule has 1 N–H and O–H groups in total. The summed E-state index contributed by atoms with van der Waals surface area (Å²) < 4.78 is 62.3. The smallest absolute Gasteiger partial charge is 0.243 e. The molecule has 2 rings (SSSR count). The van der Waals surface area contributed by atoms with E-state index in [9.17, 15) is 22.0 Å². The number of carbonyl (C=O) groups is 1. The maximum absolute atomic E-state index is 13.2. The average Bonchev–Trinajstić information content (AvgIpc) is 2.63. The Morgan fingerprint density at radius 1 is 1.04 bits per heavy atom. The van der Waals surface area contributed by atoms with Crippen molar-refractivity contribution in [3.63, 3.8) is 0 Å². The van der Waals surface area contributed by atoms with Crippen LogP contribution in [-0.2, 0) is 14.8 Å². The maximum Gasteiger partial charge on any atom is 0.243 e. The molecule has 0 saturated carbocycles. The van der Waals surface area contributed by atoms with E-state index in [0.717, 1.165) is 16.4 Å². The number of rotatable bonds is 7. The number of hydrogen-bond acceptors (Lipinski definition) is 5. The van der Waals surface area contributed by atoms with Gasteiger partial charge in [0.1, 0.15) is 0 Å². The Morgan fingerprint density at radius 3 is 2.30 bits per heavy atom. The predicted molar refractivity (Wildman–Crippen MR) is 94.3 cm³/mol. The van der Waals surface area contributed by atoms with Gasteiger partial charge >= 0.3 is 0 Å². The number of benzene rings is 2. The highest BCUT2D eigenvalue weighted by Crippen LogP contribution is 2.30. The van der Waals surface area contributed by atoms with Crippen LogP contribution in [0.25, 0.3) is 0 Å². The normalized spacial score (nSPS) is 11.3. The maximum atomic E-state index is 13.2. The van der Waals surface area contributed by atoms with Gasteiger partial charge in [-0.05, 0) is 24.3 Å². The van der Waals surface area contributed by atoms with Gasteiger partial charge in [0.15, 0.2) is 23.1 Å². The molecule has 2 aromatic rings. The van der Waals surface area contributed by atoms with Crippen molar-refractivity contribution in [2.45, 2.75) is 4.90 Å². The summed E-state index contributed by atoms with van der Waals surface area (Å²) in [5.41, 5.74) is 0.0100. The Kier molecular flexibility index (Phi) is 6.34. The van der Waals surface area contributed by atoms with Crippen LogP contribution in [0.15, 0.2) is 41.3 Å². The SMILES string of the molecule is COc1ccc(S(=O)(=O)N(C)CC(=O)Nc2ccc(F)c(F)c2)cc1OC. The molecular formula is C17H18F2N2O5S. The number of amides is 1. The lowest BCUT2D eigenvalue weighted by atomic mass is 10.3. The van der Waals surface area contributed by atoms with Crippen LogP contribution in [0.5, 0.6) is 11.5 Å². The Bertz CT molecular complexity index is 950. The van der Waals surface area contributed by atoms with E-state index >= 15 is 0 Å². The van der Waals surface area contributed by atoms with E-state index in [4.69, 9.17) is 9.47 Å². The number of nitrogens with zero attached hydrogens (tertiary/aromatic N) is 1. The second-order valence-corrected chi connectivity index (χ2v) is 7.50. The molecule has 0 spiro atoms. The fourth-order valence-corrected chi connectivity index (χ4v) is 3.36. The quantitative estimate of drug-likeness (QED) is 0.771. The highest BCUT2D eigenvalue weighted by molar-refractivity contribution is 7.89. The lowest BCUT2D eigenvalue weighted by molar-refractivity contribution is -0.116. The molecule has 10 heteroatoms. The highest BCUT2D eigenvalue weighted by Gasteiger charge is 2.24. The van der Waals surface area contributed by atoms with Crippen LogP contribution >= 0.6 is 0 Å². The van der Waals surface area contributed by atoms with Crippen LogP contribution in [0.2, 0.25) is 0 Å². The minimum absolute atomic E-state index is 0.0100. The van der Waals surface area contributed by atoms with Crippen molar-refractivity contribution in [1.82, 2.24) is 4.31 Å². The molecule has 0 radical (unpaired) electrons. The third-order valence-corrected chi connectivity index (χ3v) is 5.43. The molecule has 0 aromatic heterocycles. The van der Waals surface area contributed by atoms with Crippen molar-refractivity contribution >= 4 is 21.6 Å². The van der Waals surface area contributed by atoms with Crippen LogP contribution in [-0.4, -0.2) is 46.4 Å². The summed E-state index contributed by atoms with van der Waals surface area (Å²) in [4.78, 5) is 11.9. The molecule has 146 valence electrons. The topological polar surface area (TPSA) is 84.9 Å². The van der Waals surface area contributed by atoms with E-state index < -0.39 is 34.1 Å².